The molecule has 0 saturated carbocycles. The highest BCUT2D eigenvalue weighted by atomic mass is 32.2. The van der Waals surface area contributed by atoms with Gasteiger partial charge in [0.05, 0.1) is 6.10 Å². The fourth-order valence-corrected chi connectivity index (χ4v) is 2.34. The lowest BCUT2D eigenvalue weighted by Gasteiger charge is -2.08. The molecule has 0 fully saturated rings. The second-order valence-corrected chi connectivity index (χ2v) is 5.57. The summed E-state index contributed by atoms with van der Waals surface area (Å²) in [5, 5.41) is 17.9. The summed E-state index contributed by atoms with van der Waals surface area (Å²) in [5.41, 5.74) is -0.191. The van der Waals surface area contributed by atoms with Crippen LogP contribution in [0.4, 0.5) is 0 Å². The summed E-state index contributed by atoms with van der Waals surface area (Å²) in [6.07, 6.45) is 1.43. The lowest BCUT2D eigenvalue weighted by atomic mass is 10.2. The third kappa shape index (κ3) is 3.83. The molecule has 1 rings (SSSR count). The molecular weight excluding hydrogens is 260 g/mol. The van der Waals surface area contributed by atoms with Crippen LogP contribution in [0.25, 0.3) is 0 Å². The predicted molar refractivity (Wildman–Crippen MR) is 63.9 cm³/mol. The van der Waals surface area contributed by atoms with Gasteiger partial charge in [-0.3, -0.25) is 0 Å². The van der Waals surface area contributed by atoms with Crippen molar-refractivity contribution in [2.24, 2.45) is 0 Å². The fraction of sp³-hybridized carbons (Fsp3) is 0.500. The van der Waals surface area contributed by atoms with Crippen LogP contribution in [-0.2, 0) is 10.0 Å². The Bertz CT molecular complexity index is 508. The van der Waals surface area contributed by atoms with Gasteiger partial charge in [0.25, 0.3) is 0 Å². The highest BCUT2D eigenvalue weighted by molar-refractivity contribution is 7.89. The third-order valence-corrected chi connectivity index (χ3v) is 3.88. The van der Waals surface area contributed by atoms with Gasteiger partial charge in [0.15, 0.2) is 0 Å². The first-order valence-electron chi connectivity index (χ1n) is 5.46. The Hall–Kier alpha value is -1.38. The van der Waals surface area contributed by atoms with Crippen molar-refractivity contribution < 1.29 is 23.4 Å². The number of aromatic nitrogens is 1. The smallest absolute Gasteiger partial charge is 0.352 e. The second kappa shape index (κ2) is 5.98. The number of hydrogen-bond donors (Lipinski definition) is 4. The van der Waals surface area contributed by atoms with Crippen molar-refractivity contribution in [3.05, 3.63) is 18.0 Å². The molecule has 0 bridgehead atoms. The van der Waals surface area contributed by atoms with Gasteiger partial charge in [-0.1, -0.05) is 6.92 Å². The highest BCUT2D eigenvalue weighted by Gasteiger charge is 2.17. The molecule has 1 aromatic heterocycles. The van der Waals surface area contributed by atoms with Gasteiger partial charge in [-0.15, -0.1) is 0 Å². The number of rotatable bonds is 7. The topological polar surface area (TPSA) is 119 Å². The molecule has 0 spiro atoms. The van der Waals surface area contributed by atoms with Crippen LogP contribution in [0.3, 0.4) is 0 Å². The molecule has 18 heavy (non-hydrogen) atoms. The van der Waals surface area contributed by atoms with E-state index < -0.39 is 22.1 Å². The van der Waals surface area contributed by atoms with Crippen LogP contribution >= 0.6 is 0 Å². The minimum absolute atomic E-state index is 0.102. The first-order chi connectivity index (χ1) is 8.36. The fourth-order valence-electron chi connectivity index (χ4n) is 1.30. The van der Waals surface area contributed by atoms with Crippen LogP contribution in [0.15, 0.2) is 17.2 Å². The number of sulfonamides is 1. The van der Waals surface area contributed by atoms with Crippen LogP contribution in [-0.4, -0.2) is 42.2 Å². The van der Waals surface area contributed by atoms with E-state index in [0.29, 0.717) is 12.8 Å². The van der Waals surface area contributed by atoms with Crippen molar-refractivity contribution >= 4 is 16.0 Å². The molecule has 4 N–H and O–H groups in total. The molecule has 0 aliphatic rings. The highest BCUT2D eigenvalue weighted by Crippen LogP contribution is 2.10. The summed E-state index contributed by atoms with van der Waals surface area (Å²) in [6.45, 7) is 1.90. The number of carboxylic acid groups (broad SMARTS) is 1. The van der Waals surface area contributed by atoms with E-state index in [1.54, 1.807) is 6.92 Å². The average molecular weight is 276 g/mol. The number of carbonyl (C=O) groups is 1. The van der Waals surface area contributed by atoms with E-state index in [4.69, 9.17) is 5.11 Å². The van der Waals surface area contributed by atoms with Gasteiger partial charge in [-0.25, -0.2) is 17.9 Å². The van der Waals surface area contributed by atoms with Crippen LogP contribution in [0.5, 0.6) is 0 Å². The quantitative estimate of drug-likeness (QED) is 0.565. The molecule has 1 heterocycles. The maximum Gasteiger partial charge on any atom is 0.352 e. The number of aromatic carboxylic acids is 1. The van der Waals surface area contributed by atoms with E-state index in [-0.39, 0.29) is 17.1 Å². The van der Waals surface area contributed by atoms with Gasteiger partial charge >= 0.3 is 5.97 Å². The van der Waals surface area contributed by atoms with E-state index in [1.807, 2.05) is 0 Å². The molecule has 1 unspecified atom stereocenters. The van der Waals surface area contributed by atoms with Gasteiger partial charge in [-0.05, 0) is 18.9 Å². The predicted octanol–water partition coefficient (Wildman–Crippen LogP) is 0.152. The summed E-state index contributed by atoms with van der Waals surface area (Å²) >= 11 is 0. The summed E-state index contributed by atoms with van der Waals surface area (Å²) in [5.74, 6) is -1.22. The molecule has 0 amide bonds. The Morgan fingerprint density at radius 2 is 2.22 bits per heavy atom. The first kappa shape index (κ1) is 14.7. The number of aliphatic hydroxyl groups is 1. The maximum atomic E-state index is 11.7. The van der Waals surface area contributed by atoms with Gasteiger partial charge in [-0.2, -0.15) is 0 Å². The summed E-state index contributed by atoms with van der Waals surface area (Å²) in [6, 6.07) is 1.04. The van der Waals surface area contributed by atoms with Crippen molar-refractivity contribution in [1.82, 2.24) is 9.71 Å². The zero-order valence-corrected chi connectivity index (χ0v) is 10.7. The zero-order valence-electron chi connectivity index (χ0n) is 9.88. The molecule has 0 saturated heterocycles. The van der Waals surface area contributed by atoms with Crippen molar-refractivity contribution in [2.45, 2.75) is 30.8 Å². The monoisotopic (exact) mass is 276 g/mol. The molecule has 0 radical (unpaired) electrons. The van der Waals surface area contributed by atoms with E-state index in [0.717, 1.165) is 12.3 Å². The van der Waals surface area contributed by atoms with E-state index in [1.165, 1.54) is 0 Å². The largest absolute Gasteiger partial charge is 0.477 e. The first-order valence-corrected chi connectivity index (χ1v) is 6.94. The van der Waals surface area contributed by atoms with Gasteiger partial charge in [0.2, 0.25) is 10.0 Å². The molecule has 8 heteroatoms. The van der Waals surface area contributed by atoms with Gasteiger partial charge < -0.3 is 15.2 Å². The van der Waals surface area contributed by atoms with E-state index in [2.05, 4.69) is 9.71 Å². The average Bonchev–Trinajstić information content (AvgIpc) is 2.78. The molecule has 1 atom stereocenters. The number of hydrogen-bond acceptors (Lipinski definition) is 4. The minimum atomic E-state index is -3.73. The summed E-state index contributed by atoms with van der Waals surface area (Å²) in [7, 11) is -3.73. The van der Waals surface area contributed by atoms with Gasteiger partial charge in [0.1, 0.15) is 10.6 Å². The number of nitrogens with one attached hydrogen (secondary N) is 2. The lowest BCUT2D eigenvalue weighted by molar-refractivity contribution is 0.0691. The molecule has 7 nitrogen and oxygen atoms in total. The lowest BCUT2D eigenvalue weighted by Crippen LogP contribution is -2.27. The van der Waals surface area contributed by atoms with Gasteiger partial charge in [0, 0.05) is 12.7 Å². The Balaban J connectivity index is 2.65. The molecule has 1 aromatic rings. The van der Waals surface area contributed by atoms with Crippen LogP contribution < -0.4 is 4.72 Å². The SMILES string of the molecule is CCC(O)CCNS(=O)(=O)c1c[nH]c(C(=O)O)c1. The number of aliphatic hydroxyl groups excluding tert-OH is 1. The van der Waals surface area contributed by atoms with Crippen LogP contribution in [0.1, 0.15) is 30.3 Å². The minimum Gasteiger partial charge on any atom is -0.477 e. The normalized spacial score (nSPS) is 13.4. The maximum absolute atomic E-state index is 11.7. The molecule has 0 aliphatic heterocycles. The Kier molecular flexibility index (Phi) is 4.88. The number of carboxylic acids is 1. The standard InChI is InChI=1S/C10H16N2O5S/c1-2-7(13)3-4-12-18(16,17)8-5-9(10(14)15)11-6-8/h5-7,11-13H,2-4H2,1H3,(H,14,15). The molecule has 0 aromatic carbocycles. The van der Waals surface area contributed by atoms with E-state index >= 15 is 0 Å². The summed E-state index contributed by atoms with van der Waals surface area (Å²) < 4.78 is 25.8. The van der Waals surface area contributed by atoms with Crippen LogP contribution in [0.2, 0.25) is 0 Å². The number of aromatic amines is 1. The van der Waals surface area contributed by atoms with Crippen molar-refractivity contribution in [3.8, 4) is 0 Å². The Labute approximate surface area is 105 Å². The van der Waals surface area contributed by atoms with Crippen molar-refractivity contribution in [2.75, 3.05) is 6.54 Å². The second-order valence-electron chi connectivity index (χ2n) is 3.80. The summed E-state index contributed by atoms with van der Waals surface area (Å²) in [4.78, 5) is 12.8. The number of H-pyrrole nitrogens is 1. The third-order valence-electron chi connectivity index (χ3n) is 2.44. The molecular formula is C10H16N2O5S. The van der Waals surface area contributed by atoms with Crippen LogP contribution in [0, 0.1) is 0 Å². The Morgan fingerprint density at radius 1 is 1.56 bits per heavy atom. The zero-order chi connectivity index (χ0) is 13.8. The van der Waals surface area contributed by atoms with Crippen molar-refractivity contribution in [3.63, 3.8) is 0 Å². The van der Waals surface area contributed by atoms with Crippen molar-refractivity contribution in [1.29, 1.82) is 0 Å². The van der Waals surface area contributed by atoms with E-state index in [9.17, 15) is 18.3 Å². The molecule has 0 aliphatic carbocycles. The Morgan fingerprint density at radius 3 is 2.72 bits per heavy atom. The molecule has 102 valence electrons.